The highest BCUT2D eigenvalue weighted by Crippen LogP contribution is 2.15. The number of piperidine rings is 2. The molecule has 0 atom stereocenters. The van der Waals surface area contributed by atoms with Gasteiger partial charge in [-0.15, -0.1) is 0 Å². The Balaban J connectivity index is 1.49. The fourth-order valence-electron chi connectivity index (χ4n) is 3.53. The van der Waals surface area contributed by atoms with Crippen LogP contribution in [0.2, 0.25) is 0 Å². The van der Waals surface area contributed by atoms with Gasteiger partial charge in [0, 0.05) is 26.7 Å². The number of hydrogen-bond acceptors (Lipinski definition) is 3. The molecule has 2 aliphatic rings. The zero-order valence-electron chi connectivity index (χ0n) is 15.3. The minimum atomic E-state index is 0.923. The molecule has 0 aliphatic carbocycles. The third-order valence-corrected chi connectivity index (χ3v) is 5.21. The molecule has 23 heavy (non-hydrogen) atoms. The Morgan fingerprint density at radius 2 is 1.57 bits per heavy atom. The van der Waals surface area contributed by atoms with Gasteiger partial charge in [0.25, 0.3) is 0 Å². The Hall–Kier alpha value is -0.810. The lowest BCUT2D eigenvalue weighted by Gasteiger charge is -2.30. The van der Waals surface area contributed by atoms with E-state index in [1.165, 1.54) is 71.2 Å². The predicted molar refractivity (Wildman–Crippen MR) is 99.1 cm³/mol. The molecule has 2 rings (SSSR count). The number of aliphatic imine (C=N–C) groups is 1. The normalized spacial score (nSPS) is 22.3. The van der Waals surface area contributed by atoms with E-state index in [-0.39, 0.29) is 0 Å². The molecule has 2 N–H and O–H groups in total. The lowest BCUT2D eigenvalue weighted by molar-refractivity contribution is 0.191. The molecule has 0 amide bonds. The molecular formula is C18H37N5. The molecule has 0 unspecified atom stereocenters. The standard InChI is InChI=1S/C18H37N5/c1-17-7-14-23(15-8-17)13-6-9-20-18(19-2)21-10-16-22-11-4-3-5-12-22/h17H,3-16H2,1-2H3,(H2,19,20,21). The first-order chi connectivity index (χ1) is 11.3. The van der Waals surface area contributed by atoms with Gasteiger partial charge in [0.1, 0.15) is 0 Å². The molecule has 0 bridgehead atoms. The van der Waals surface area contributed by atoms with Gasteiger partial charge < -0.3 is 20.4 Å². The van der Waals surface area contributed by atoms with E-state index in [0.717, 1.165) is 31.5 Å². The van der Waals surface area contributed by atoms with Gasteiger partial charge in [-0.25, -0.2) is 0 Å². The highest BCUT2D eigenvalue weighted by molar-refractivity contribution is 5.79. The van der Waals surface area contributed by atoms with Crippen LogP contribution in [0.5, 0.6) is 0 Å². The van der Waals surface area contributed by atoms with E-state index in [1.807, 2.05) is 7.05 Å². The van der Waals surface area contributed by atoms with E-state index in [4.69, 9.17) is 0 Å². The van der Waals surface area contributed by atoms with E-state index < -0.39 is 0 Å². The third kappa shape index (κ3) is 7.53. The summed E-state index contributed by atoms with van der Waals surface area (Å²) in [5.41, 5.74) is 0. The molecule has 0 radical (unpaired) electrons. The monoisotopic (exact) mass is 323 g/mol. The molecule has 0 spiro atoms. The summed E-state index contributed by atoms with van der Waals surface area (Å²) >= 11 is 0. The van der Waals surface area contributed by atoms with Gasteiger partial charge >= 0.3 is 0 Å². The second-order valence-electron chi connectivity index (χ2n) is 7.21. The largest absolute Gasteiger partial charge is 0.356 e. The molecular weight excluding hydrogens is 286 g/mol. The molecule has 0 saturated carbocycles. The summed E-state index contributed by atoms with van der Waals surface area (Å²) in [6, 6.07) is 0. The van der Waals surface area contributed by atoms with Gasteiger partial charge in [0.2, 0.25) is 0 Å². The van der Waals surface area contributed by atoms with Crippen molar-refractivity contribution in [1.82, 2.24) is 20.4 Å². The predicted octanol–water partition coefficient (Wildman–Crippen LogP) is 1.76. The number of hydrogen-bond donors (Lipinski definition) is 2. The summed E-state index contributed by atoms with van der Waals surface area (Å²) in [4.78, 5) is 9.49. The maximum absolute atomic E-state index is 4.33. The number of rotatable bonds is 7. The Morgan fingerprint density at radius 1 is 0.913 bits per heavy atom. The molecule has 2 heterocycles. The summed E-state index contributed by atoms with van der Waals surface area (Å²) in [5, 5.41) is 6.89. The van der Waals surface area contributed by atoms with Crippen molar-refractivity contribution in [3.8, 4) is 0 Å². The van der Waals surface area contributed by atoms with Crippen LogP contribution in [0.3, 0.4) is 0 Å². The Kier molecular flexibility index (Phi) is 8.76. The van der Waals surface area contributed by atoms with Crippen LogP contribution in [0, 0.1) is 5.92 Å². The number of likely N-dealkylation sites (tertiary alicyclic amines) is 2. The number of nitrogens with one attached hydrogen (secondary N) is 2. The van der Waals surface area contributed by atoms with Crippen LogP contribution in [-0.4, -0.2) is 75.2 Å². The summed E-state index contributed by atoms with van der Waals surface area (Å²) in [6.45, 7) is 11.8. The first-order valence-electron chi connectivity index (χ1n) is 9.67. The summed E-state index contributed by atoms with van der Waals surface area (Å²) in [5.74, 6) is 1.88. The first kappa shape index (κ1) is 18.5. The van der Waals surface area contributed by atoms with Crippen molar-refractivity contribution in [1.29, 1.82) is 0 Å². The van der Waals surface area contributed by atoms with E-state index >= 15 is 0 Å². The van der Waals surface area contributed by atoms with Gasteiger partial charge in [-0.2, -0.15) is 0 Å². The second-order valence-corrected chi connectivity index (χ2v) is 7.21. The Labute approximate surface area is 142 Å². The van der Waals surface area contributed by atoms with Crippen molar-refractivity contribution in [3.05, 3.63) is 0 Å². The molecule has 2 fully saturated rings. The molecule has 0 aromatic carbocycles. The molecule has 5 nitrogen and oxygen atoms in total. The maximum atomic E-state index is 4.33. The van der Waals surface area contributed by atoms with Gasteiger partial charge in [-0.1, -0.05) is 13.3 Å². The van der Waals surface area contributed by atoms with Crippen molar-refractivity contribution in [2.45, 2.75) is 45.4 Å². The molecule has 0 aromatic heterocycles. The summed E-state index contributed by atoms with van der Waals surface area (Å²) in [6.07, 6.45) is 8.06. The summed E-state index contributed by atoms with van der Waals surface area (Å²) < 4.78 is 0. The van der Waals surface area contributed by atoms with E-state index in [9.17, 15) is 0 Å². The van der Waals surface area contributed by atoms with Gasteiger partial charge in [0.05, 0.1) is 0 Å². The van der Waals surface area contributed by atoms with Crippen LogP contribution in [0.25, 0.3) is 0 Å². The van der Waals surface area contributed by atoms with Crippen molar-refractivity contribution < 1.29 is 0 Å². The van der Waals surface area contributed by atoms with Crippen molar-refractivity contribution in [3.63, 3.8) is 0 Å². The average molecular weight is 324 g/mol. The van der Waals surface area contributed by atoms with E-state index in [1.54, 1.807) is 0 Å². The molecule has 2 aliphatic heterocycles. The molecule has 134 valence electrons. The van der Waals surface area contributed by atoms with Gasteiger partial charge in [-0.3, -0.25) is 4.99 Å². The van der Waals surface area contributed by atoms with Crippen LogP contribution < -0.4 is 10.6 Å². The Bertz CT molecular complexity index is 330. The third-order valence-electron chi connectivity index (χ3n) is 5.21. The second kappa shape index (κ2) is 10.9. The Morgan fingerprint density at radius 3 is 2.26 bits per heavy atom. The molecule has 2 saturated heterocycles. The van der Waals surface area contributed by atoms with Gasteiger partial charge in [-0.05, 0) is 70.7 Å². The van der Waals surface area contributed by atoms with E-state index in [2.05, 4.69) is 32.3 Å². The highest BCUT2D eigenvalue weighted by atomic mass is 15.2. The lowest BCUT2D eigenvalue weighted by Crippen LogP contribution is -2.43. The smallest absolute Gasteiger partial charge is 0.191 e. The highest BCUT2D eigenvalue weighted by Gasteiger charge is 2.14. The average Bonchev–Trinajstić information content (AvgIpc) is 2.59. The fraction of sp³-hybridized carbons (Fsp3) is 0.944. The topological polar surface area (TPSA) is 42.9 Å². The van der Waals surface area contributed by atoms with Crippen LogP contribution >= 0.6 is 0 Å². The quantitative estimate of drug-likeness (QED) is 0.426. The minimum absolute atomic E-state index is 0.923. The molecule has 5 heteroatoms. The zero-order valence-corrected chi connectivity index (χ0v) is 15.3. The van der Waals surface area contributed by atoms with Crippen molar-refractivity contribution in [2.24, 2.45) is 10.9 Å². The van der Waals surface area contributed by atoms with Gasteiger partial charge in [0.15, 0.2) is 5.96 Å². The number of guanidine groups is 1. The van der Waals surface area contributed by atoms with Crippen LogP contribution in [-0.2, 0) is 0 Å². The van der Waals surface area contributed by atoms with Crippen molar-refractivity contribution >= 4 is 5.96 Å². The molecule has 0 aromatic rings. The lowest BCUT2D eigenvalue weighted by atomic mass is 9.99. The van der Waals surface area contributed by atoms with Crippen LogP contribution in [0.1, 0.15) is 45.4 Å². The minimum Gasteiger partial charge on any atom is -0.356 e. The zero-order chi connectivity index (χ0) is 16.3. The maximum Gasteiger partial charge on any atom is 0.191 e. The van der Waals surface area contributed by atoms with Crippen LogP contribution in [0.4, 0.5) is 0 Å². The van der Waals surface area contributed by atoms with E-state index in [0.29, 0.717) is 0 Å². The van der Waals surface area contributed by atoms with Crippen LogP contribution in [0.15, 0.2) is 4.99 Å². The summed E-state index contributed by atoms with van der Waals surface area (Å²) in [7, 11) is 1.86. The fourth-order valence-corrected chi connectivity index (χ4v) is 3.53. The van der Waals surface area contributed by atoms with Crippen molar-refractivity contribution in [2.75, 3.05) is 59.4 Å². The SMILES string of the molecule is CN=C(NCCCN1CCC(C)CC1)NCCN1CCCCC1. The first-order valence-corrected chi connectivity index (χ1v) is 9.67. The number of nitrogens with zero attached hydrogens (tertiary/aromatic N) is 3.